The van der Waals surface area contributed by atoms with Crippen molar-refractivity contribution in [3.63, 3.8) is 0 Å². The van der Waals surface area contributed by atoms with Crippen molar-refractivity contribution in [2.24, 2.45) is 11.8 Å². The molecule has 3 saturated heterocycles. The summed E-state index contributed by atoms with van der Waals surface area (Å²) in [4.78, 5) is 57.7. The number of nitrogens with one attached hydrogen (secondary N) is 1. The van der Waals surface area contributed by atoms with Gasteiger partial charge in [0.25, 0.3) is 0 Å². The second-order valence-corrected chi connectivity index (χ2v) is 12.8. The molecule has 0 aliphatic carbocycles. The first-order valence-electron chi connectivity index (χ1n) is 15.5. The fourth-order valence-corrected chi connectivity index (χ4v) is 7.71. The van der Waals surface area contributed by atoms with E-state index in [0.29, 0.717) is 31.5 Å². The zero-order valence-corrected chi connectivity index (χ0v) is 27.0. The molecule has 2 N–H and O–H groups in total. The van der Waals surface area contributed by atoms with E-state index in [2.05, 4.69) is 34.4 Å². The number of allylic oxidation sites excluding steroid dienone is 1. The Hall–Kier alpha value is -3.02. The third-order valence-corrected chi connectivity index (χ3v) is 9.63. The van der Waals surface area contributed by atoms with Crippen LogP contribution in [0.4, 0.5) is 0 Å². The maximum absolute atomic E-state index is 14.2. The number of hydrogen-bond acceptors (Lipinski definition) is 7. The van der Waals surface area contributed by atoms with Crippen molar-refractivity contribution >= 4 is 39.6 Å². The fourth-order valence-electron chi connectivity index (χ4n) is 6.77. The molecular weight excluding hydrogens is 630 g/mol. The van der Waals surface area contributed by atoms with E-state index in [0.717, 1.165) is 12.8 Å². The van der Waals surface area contributed by atoms with Crippen LogP contribution in [0.5, 0.6) is 0 Å². The molecule has 3 heterocycles. The lowest BCUT2D eigenvalue weighted by Gasteiger charge is -2.37. The summed E-state index contributed by atoms with van der Waals surface area (Å²) in [6.07, 6.45) is 4.99. The van der Waals surface area contributed by atoms with Gasteiger partial charge in [-0.05, 0) is 31.2 Å². The highest BCUT2D eigenvalue weighted by molar-refractivity contribution is 9.09. The third kappa shape index (κ3) is 6.79. The van der Waals surface area contributed by atoms with Gasteiger partial charge in [0.05, 0.1) is 24.5 Å². The summed E-state index contributed by atoms with van der Waals surface area (Å²) >= 11 is 3.69. The molecule has 3 aliphatic heterocycles. The average Bonchev–Trinajstić information content (AvgIpc) is 3.62. The molecule has 7 atom stereocenters. The summed E-state index contributed by atoms with van der Waals surface area (Å²) in [5.41, 5.74) is -0.524. The van der Waals surface area contributed by atoms with E-state index in [1.165, 1.54) is 4.90 Å². The van der Waals surface area contributed by atoms with E-state index in [1.807, 2.05) is 37.3 Å². The summed E-state index contributed by atoms with van der Waals surface area (Å²) in [5, 5.41) is 12.5. The Kier molecular flexibility index (Phi) is 11.8. The molecule has 0 aromatic heterocycles. The Balaban J connectivity index is 1.64. The van der Waals surface area contributed by atoms with E-state index >= 15 is 0 Å². The van der Waals surface area contributed by atoms with E-state index in [4.69, 9.17) is 9.47 Å². The van der Waals surface area contributed by atoms with Crippen molar-refractivity contribution in [3.8, 4) is 0 Å². The first-order chi connectivity index (χ1) is 21.2. The van der Waals surface area contributed by atoms with Gasteiger partial charge in [-0.2, -0.15) is 0 Å². The van der Waals surface area contributed by atoms with Crippen LogP contribution in [0, 0.1) is 11.8 Å². The number of halogens is 1. The average molecular weight is 675 g/mol. The van der Waals surface area contributed by atoms with Gasteiger partial charge < -0.3 is 29.7 Å². The minimum Gasteiger partial charge on any atom is -0.455 e. The molecule has 0 radical (unpaired) electrons. The second kappa shape index (κ2) is 15.3. The van der Waals surface area contributed by atoms with E-state index < -0.39 is 41.7 Å². The molecule has 2 bridgehead atoms. The van der Waals surface area contributed by atoms with Gasteiger partial charge in [0.2, 0.25) is 17.7 Å². The number of benzene rings is 1. The van der Waals surface area contributed by atoms with E-state index in [9.17, 15) is 24.3 Å². The molecule has 4 rings (SSSR count). The van der Waals surface area contributed by atoms with Gasteiger partial charge in [0.15, 0.2) is 0 Å². The standard InChI is InChI=1S/C33H44BrN3O7/c1-4-7-15-25(39)35-21-24(22-13-10-9-11-14-22)43-32(42)26-27-30(40)37(18-12-19-38)29(33(27)20-23(34)28(26)44-33)31(41)36(16-6-3)17-8-5-2/h4,6,9-11,13-14,23-24,26-29,38H,1,3,5,7-8,12,15-21H2,2H3,(H,35,39)/t23?,24-,26+,27-,28+,29+,33-/m0/s1. The molecule has 11 heteroatoms. The number of likely N-dealkylation sites (tertiary alicyclic amines) is 1. The smallest absolute Gasteiger partial charge is 0.313 e. The lowest BCUT2D eigenvalue weighted by molar-refractivity contribution is -0.160. The van der Waals surface area contributed by atoms with Crippen LogP contribution in [-0.4, -0.2) is 94.0 Å². The predicted molar refractivity (Wildman–Crippen MR) is 169 cm³/mol. The Labute approximate surface area is 267 Å². The number of aliphatic hydroxyl groups excluding tert-OH is 1. The van der Waals surface area contributed by atoms with Gasteiger partial charge >= 0.3 is 5.97 Å². The number of nitrogens with zero attached hydrogens (tertiary/aromatic N) is 2. The highest BCUT2D eigenvalue weighted by Gasteiger charge is 2.77. The zero-order valence-electron chi connectivity index (χ0n) is 25.4. The van der Waals surface area contributed by atoms with Crippen LogP contribution in [0.3, 0.4) is 0 Å². The maximum Gasteiger partial charge on any atom is 0.313 e. The van der Waals surface area contributed by atoms with Gasteiger partial charge in [0.1, 0.15) is 17.7 Å². The van der Waals surface area contributed by atoms with Crippen molar-refractivity contribution in [1.82, 2.24) is 15.1 Å². The quantitative estimate of drug-likeness (QED) is 0.148. The zero-order chi connectivity index (χ0) is 31.9. The number of rotatable bonds is 17. The molecule has 240 valence electrons. The van der Waals surface area contributed by atoms with Crippen LogP contribution < -0.4 is 5.32 Å². The number of alkyl halides is 1. The van der Waals surface area contributed by atoms with E-state index in [1.54, 1.807) is 17.1 Å². The highest BCUT2D eigenvalue weighted by atomic mass is 79.9. The minimum atomic E-state index is -1.22. The molecule has 3 amide bonds. The van der Waals surface area contributed by atoms with Crippen LogP contribution in [0.25, 0.3) is 0 Å². The minimum absolute atomic E-state index is 0.0587. The lowest BCUT2D eigenvalue weighted by atomic mass is 9.70. The summed E-state index contributed by atoms with van der Waals surface area (Å²) in [6.45, 7) is 10.4. The molecular formula is C33H44BrN3O7. The summed E-state index contributed by atoms with van der Waals surface area (Å²) in [5.74, 6) is -3.27. The van der Waals surface area contributed by atoms with Crippen LogP contribution in [-0.2, 0) is 28.7 Å². The summed E-state index contributed by atoms with van der Waals surface area (Å²) in [7, 11) is 0. The number of fused-ring (bicyclic) bond motifs is 1. The number of carbonyl (C=O) groups is 4. The molecule has 1 spiro atoms. The normalized spacial score (nSPS) is 27.5. The molecule has 1 aromatic rings. The molecule has 1 unspecified atom stereocenters. The van der Waals surface area contributed by atoms with Crippen molar-refractivity contribution in [1.29, 1.82) is 0 Å². The highest BCUT2D eigenvalue weighted by Crippen LogP contribution is 2.60. The Morgan fingerprint density at radius 1 is 1.25 bits per heavy atom. The predicted octanol–water partition coefficient (Wildman–Crippen LogP) is 3.30. The van der Waals surface area contributed by atoms with Crippen molar-refractivity contribution in [2.45, 2.75) is 74.1 Å². The van der Waals surface area contributed by atoms with Gasteiger partial charge in [-0.15, -0.1) is 13.2 Å². The van der Waals surface area contributed by atoms with Crippen LogP contribution in [0.2, 0.25) is 0 Å². The molecule has 10 nitrogen and oxygen atoms in total. The number of ether oxygens (including phenoxy) is 2. The van der Waals surface area contributed by atoms with Crippen molar-refractivity contribution in [3.05, 3.63) is 61.2 Å². The Morgan fingerprint density at radius 2 is 2.00 bits per heavy atom. The summed E-state index contributed by atoms with van der Waals surface area (Å²) < 4.78 is 12.7. The van der Waals surface area contributed by atoms with Crippen molar-refractivity contribution < 1.29 is 33.8 Å². The van der Waals surface area contributed by atoms with Crippen molar-refractivity contribution in [2.75, 3.05) is 32.8 Å². The number of aliphatic hydroxyl groups is 1. The topological polar surface area (TPSA) is 125 Å². The van der Waals surface area contributed by atoms with Gasteiger partial charge in [-0.3, -0.25) is 19.2 Å². The number of esters is 1. The number of hydrogen-bond donors (Lipinski definition) is 2. The van der Waals surface area contributed by atoms with Gasteiger partial charge in [-0.1, -0.05) is 71.8 Å². The number of carbonyl (C=O) groups excluding carboxylic acids is 4. The largest absolute Gasteiger partial charge is 0.455 e. The number of unbranched alkanes of at least 4 members (excludes halogenated alkanes) is 1. The van der Waals surface area contributed by atoms with Crippen LogP contribution in [0.15, 0.2) is 55.6 Å². The second-order valence-electron chi connectivity index (χ2n) is 11.7. The molecule has 0 saturated carbocycles. The van der Waals surface area contributed by atoms with Crippen LogP contribution >= 0.6 is 15.9 Å². The third-order valence-electron chi connectivity index (χ3n) is 8.79. The SMILES string of the molecule is C=CCCC(=O)NC[C@H](OC(=O)[C@H]1[C@@H]2O[C@@]3(CC2Br)[C@@H]1C(=O)N(CCCO)[C@@H]3C(=O)N(CC=C)CCCC)c1ccccc1. The fraction of sp³-hybridized carbons (Fsp3) is 0.576. The number of amides is 3. The molecule has 3 fully saturated rings. The Bertz CT molecular complexity index is 1210. The van der Waals surface area contributed by atoms with Gasteiger partial charge in [-0.25, -0.2) is 0 Å². The molecule has 44 heavy (non-hydrogen) atoms. The lowest BCUT2D eigenvalue weighted by Crippen LogP contribution is -2.57. The van der Waals surface area contributed by atoms with E-state index in [-0.39, 0.29) is 55.1 Å². The summed E-state index contributed by atoms with van der Waals surface area (Å²) in [6, 6.07) is 8.18. The maximum atomic E-state index is 14.2. The molecule has 3 aliphatic rings. The van der Waals surface area contributed by atoms with Gasteiger partial charge in [0, 0.05) is 37.5 Å². The first kappa shape index (κ1) is 33.9. The molecule has 1 aromatic carbocycles. The first-order valence-corrected chi connectivity index (χ1v) is 16.4. The monoisotopic (exact) mass is 673 g/mol. The Morgan fingerprint density at radius 3 is 2.66 bits per heavy atom. The van der Waals surface area contributed by atoms with Crippen LogP contribution in [0.1, 0.15) is 57.1 Å².